The first-order valence-electron chi connectivity index (χ1n) is 6.25. The van der Waals surface area contributed by atoms with Gasteiger partial charge in [0.25, 0.3) is 0 Å². The molecule has 0 saturated heterocycles. The molecule has 0 radical (unpaired) electrons. The van der Waals surface area contributed by atoms with Crippen LogP contribution in [0.4, 0.5) is 16.2 Å². The van der Waals surface area contributed by atoms with Gasteiger partial charge in [0, 0.05) is 18.8 Å². The Hall–Kier alpha value is -1.75. The first kappa shape index (κ1) is 14.3. The predicted octanol–water partition coefficient (Wildman–Crippen LogP) is 2.92. The van der Waals surface area contributed by atoms with E-state index in [9.17, 15) is 4.79 Å². The van der Waals surface area contributed by atoms with Crippen LogP contribution in [0.15, 0.2) is 24.3 Å². The molecule has 0 saturated carbocycles. The summed E-state index contributed by atoms with van der Waals surface area (Å²) in [6.45, 7) is 8.12. The highest BCUT2D eigenvalue weighted by Crippen LogP contribution is 2.15. The van der Waals surface area contributed by atoms with Gasteiger partial charge in [-0.15, -0.1) is 0 Å². The number of rotatable bonds is 6. The average molecular weight is 251 g/mol. The second-order valence-electron chi connectivity index (χ2n) is 3.71. The van der Waals surface area contributed by atoms with Gasteiger partial charge in [-0.25, -0.2) is 9.80 Å². The van der Waals surface area contributed by atoms with Crippen molar-refractivity contribution >= 4 is 17.5 Å². The van der Waals surface area contributed by atoms with Gasteiger partial charge in [-0.1, -0.05) is 19.9 Å². The summed E-state index contributed by atoms with van der Waals surface area (Å²) < 4.78 is 4.83. The fourth-order valence-electron chi connectivity index (χ4n) is 1.52. The summed E-state index contributed by atoms with van der Waals surface area (Å²) in [6.07, 6.45) is -0.433. The van der Waals surface area contributed by atoms with Crippen LogP contribution in [0.1, 0.15) is 20.8 Å². The van der Waals surface area contributed by atoms with Gasteiger partial charge in [0.1, 0.15) is 0 Å². The van der Waals surface area contributed by atoms with E-state index >= 15 is 0 Å². The summed E-state index contributed by atoms with van der Waals surface area (Å²) in [5, 5.41) is 4.75. The Morgan fingerprint density at radius 1 is 1.22 bits per heavy atom. The van der Waals surface area contributed by atoms with Gasteiger partial charge in [-0.05, 0) is 25.1 Å². The molecule has 100 valence electrons. The summed E-state index contributed by atoms with van der Waals surface area (Å²) in [5.74, 6) is 0. The molecule has 1 aromatic rings. The summed E-state index contributed by atoms with van der Waals surface area (Å²) in [7, 11) is 0. The SMILES string of the molecule is CCOC(=O)Nc1cccc(NN(CC)CC)c1. The highest BCUT2D eigenvalue weighted by molar-refractivity contribution is 5.85. The zero-order valence-electron chi connectivity index (χ0n) is 11.2. The third-order valence-corrected chi connectivity index (χ3v) is 2.44. The van der Waals surface area contributed by atoms with E-state index in [2.05, 4.69) is 29.6 Å². The van der Waals surface area contributed by atoms with Crippen molar-refractivity contribution in [1.29, 1.82) is 0 Å². The average Bonchev–Trinajstić information content (AvgIpc) is 2.36. The highest BCUT2D eigenvalue weighted by Gasteiger charge is 2.03. The van der Waals surface area contributed by atoms with Crippen molar-refractivity contribution in [3.8, 4) is 0 Å². The molecule has 5 heteroatoms. The second-order valence-corrected chi connectivity index (χ2v) is 3.71. The smallest absolute Gasteiger partial charge is 0.411 e. The normalized spacial score (nSPS) is 10.2. The van der Waals surface area contributed by atoms with Crippen LogP contribution in [-0.2, 0) is 4.74 Å². The topological polar surface area (TPSA) is 53.6 Å². The lowest BCUT2D eigenvalue weighted by atomic mass is 10.3. The van der Waals surface area contributed by atoms with E-state index in [-0.39, 0.29) is 0 Å². The Bertz CT molecular complexity index is 378. The Labute approximate surface area is 108 Å². The maximum absolute atomic E-state index is 11.3. The second kappa shape index (κ2) is 7.55. The van der Waals surface area contributed by atoms with Crippen molar-refractivity contribution in [2.45, 2.75) is 20.8 Å². The highest BCUT2D eigenvalue weighted by atomic mass is 16.5. The lowest BCUT2D eigenvalue weighted by Crippen LogP contribution is -2.29. The molecule has 0 aliphatic rings. The fraction of sp³-hybridized carbons (Fsp3) is 0.462. The number of hydrazine groups is 1. The van der Waals surface area contributed by atoms with Crippen molar-refractivity contribution < 1.29 is 9.53 Å². The summed E-state index contributed by atoms with van der Waals surface area (Å²) in [5.41, 5.74) is 4.92. The molecule has 0 aliphatic carbocycles. The molecule has 0 bridgehead atoms. The van der Waals surface area contributed by atoms with Gasteiger partial charge >= 0.3 is 6.09 Å². The standard InChI is InChI=1S/C13H21N3O2/c1-4-16(5-2)15-12-9-7-8-11(10-12)14-13(17)18-6-3/h7-10,15H,4-6H2,1-3H3,(H,14,17). The minimum atomic E-state index is -0.433. The first-order chi connectivity index (χ1) is 8.69. The molecule has 5 nitrogen and oxygen atoms in total. The van der Waals surface area contributed by atoms with Gasteiger partial charge in [-0.2, -0.15) is 0 Å². The van der Waals surface area contributed by atoms with E-state index in [1.165, 1.54) is 0 Å². The third-order valence-electron chi connectivity index (χ3n) is 2.44. The number of carbonyl (C=O) groups is 1. The van der Waals surface area contributed by atoms with E-state index in [1.54, 1.807) is 6.92 Å². The molecule has 1 amide bonds. The number of nitrogens with zero attached hydrogens (tertiary/aromatic N) is 1. The van der Waals surface area contributed by atoms with Crippen LogP contribution in [0.2, 0.25) is 0 Å². The van der Waals surface area contributed by atoms with E-state index < -0.39 is 6.09 Å². The number of carbonyl (C=O) groups excluding carboxylic acids is 1. The van der Waals surface area contributed by atoms with Crippen LogP contribution in [0, 0.1) is 0 Å². The minimum Gasteiger partial charge on any atom is -0.450 e. The van der Waals surface area contributed by atoms with E-state index in [4.69, 9.17) is 4.74 Å². The maximum atomic E-state index is 11.3. The van der Waals surface area contributed by atoms with Crippen LogP contribution in [-0.4, -0.2) is 30.8 Å². The molecule has 2 N–H and O–H groups in total. The molecule has 0 aliphatic heterocycles. The predicted molar refractivity (Wildman–Crippen MR) is 73.6 cm³/mol. The van der Waals surface area contributed by atoms with Crippen LogP contribution in [0.3, 0.4) is 0 Å². The van der Waals surface area contributed by atoms with Crippen LogP contribution in [0.5, 0.6) is 0 Å². The molecular formula is C13H21N3O2. The molecule has 0 atom stereocenters. The fourth-order valence-corrected chi connectivity index (χ4v) is 1.52. The van der Waals surface area contributed by atoms with Crippen molar-refractivity contribution in [1.82, 2.24) is 5.01 Å². The maximum Gasteiger partial charge on any atom is 0.411 e. The number of anilines is 2. The van der Waals surface area contributed by atoms with Crippen molar-refractivity contribution in [2.75, 3.05) is 30.4 Å². The van der Waals surface area contributed by atoms with Crippen molar-refractivity contribution in [3.63, 3.8) is 0 Å². The molecule has 1 rings (SSSR count). The third kappa shape index (κ3) is 4.63. The van der Waals surface area contributed by atoms with E-state index in [0.29, 0.717) is 12.3 Å². The molecule has 0 heterocycles. The number of hydrogen-bond acceptors (Lipinski definition) is 4. The number of ether oxygens (including phenoxy) is 1. The van der Waals surface area contributed by atoms with Crippen molar-refractivity contribution in [3.05, 3.63) is 24.3 Å². The zero-order chi connectivity index (χ0) is 13.4. The Morgan fingerprint density at radius 2 is 1.89 bits per heavy atom. The molecule has 0 fully saturated rings. The molecule has 0 unspecified atom stereocenters. The first-order valence-corrected chi connectivity index (χ1v) is 6.25. The largest absolute Gasteiger partial charge is 0.450 e. The van der Waals surface area contributed by atoms with Gasteiger partial charge < -0.3 is 10.2 Å². The summed E-state index contributed by atoms with van der Waals surface area (Å²) >= 11 is 0. The summed E-state index contributed by atoms with van der Waals surface area (Å²) in [6, 6.07) is 7.53. The van der Waals surface area contributed by atoms with Gasteiger partial charge in [0.15, 0.2) is 0 Å². The Kier molecular flexibility index (Phi) is 6.00. The lowest BCUT2D eigenvalue weighted by molar-refractivity contribution is 0.168. The number of nitrogens with one attached hydrogen (secondary N) is 2. The monoisotopic (exact) mass is 251 g/mol. The van der Waals surface area contributed by atoms with Crippen molar-refractivity contribution in [2.24, 2.45) is 0 Å². The number of amides is 1. The molecule has 0 aromatic heterocycles. The van der Waals surface area contributed by atoms with Gasteiger partial charge in [0.2, 0.25) is 0 Å². The van der Waals surface area contributed by atoms with Gasteiger partial charge in [0.05, 0.1) is 12.3 Å². The Morgan fingerprint density at radius 3 is 2.50 bits per heavy atom. The minimum absolute atomic E-state index is 0.364. The molecule has 18 heavy (non-hydrogen) atoms. The van der Waals surface area contributed by atoms with Crippen LogP contribution >= 0.6 is 0 Å². The van der Waals surface area contributed by atoms with E-state index in [0.717, 1.165) is 18.8 Å². The number of hydrogen-bond donors (Lipinski definition) is 2. The Balaban J connectivity index is 2.64. The lowest BCUT2D eigenvalue weighted by Gasteiger charge is -2.21. The van der Waals surface area contributed by atoms with Crippen LogP contribution in [0.25, 0.3) is 0 Å². The zero-order valence-corrected chi connectivity index (χ0v) is 11.2. The molecule has 0 spiro atoms. The van der Waals surface area contributed by atoms with E-state index in [1.807, 2.05) is 24.3 Å². The molecule has 1 aromatic carbocycles. The van der Waals surface area contributed by atoms with Gasteiger partial charge in [-0.3, -0.25) is 5.32 Å². The quantitative estimate of drug-likeness (QED) is 0.763. The summed E-state index contributed by atoms with van der Waals surface area (Å²) in [4.78, 5) is 11.3. The number of benzene rings is 1. The molecular weight excluding hydrogens is 230 g/mol. The van der Waals surface area contributed by atoms with Crippen LogP contribution < -0.4 is 10.7 Å².